The smallest absolute Gasteiger partial charge is 0.137 e. The lowest BCUT2D eigenvalue weighted by atomic mass is 10.1. The van der Waals surface area contributed by atoms with E-state index in [-0.39, 0.29) is 5.82 Å². The lowest BCUT2D eigenvalue weighted by Crippen LogP contribution is -2.38. The third kappa shape index (κ3) is 2.52. The fourth-order valence-electron chi connectivity index (χ4n) is 2.59. The van der Waals surface area contributed by atoms with Gasteiger partial charge in [0.2, 0.25) is 0 Å². The molecule has 2 aromatic rings. The van der Waals surface area contributed by atoms with E-state index in [0.29, 0.717) is 4.47 Å². The van der Waals surface area contributed by atoms with E-state index < -0.39 is 0 Å². The van der Waals surface area contributed by atoms with Crippen LogP contribution in [0.2, 0.25) is 0 Å². The van der Waals surface area contributed by atoms with Gasteiger partial charge in [0.15, 0.2) is 0 Å². The number of hydrogen-bond donors (Lipinski definition) is 0. The van der Waals surface area contributed by atoms with Gasteiger partial charge in [-0.1, -0.05) is 18.2 Å². The first-order valence-electron chi connectivity index (χ1n) is 6.64. The van der Waals surface area contributed by atoms with Gasteiger partial charge >= 0.3 is 0 Å². The molecule has 3 rings (SSSR count). The van der Waals surface area contributed by atoms with Crippen LogP contribution in [-0.2, 0) is 6.54 Å². The molecule has 0 saturated carbocycles. The van der Waals surface area contributed by atoms with Crippen molar-refractivity contribution in [3.05, 3.63) is 58.3 Å². The van der Waals surface area contributed by atoms with Crippen LogP contribution >= 0.6 is 15.9 Å². The molecule has 1 aliphatic rings. The average Bonchev–Trinajstić information content (AvgIpc) is 2.46. The fourth-order valence-corrected chi connectivity index (χ4v) is 3.01. The molecule has 1 heterocycles. The van der Waals surface area contributed by atoms with E-state index in [2.05, 4.69) is 57.0 Å². The van der Waals surface area contributed by atoms with Crippen molar-refractivity contribution < 1.29 is 4.39 Å². The highest BCUT2D eigenvalue weighted by molar-refractivity contribution is 9.10. The number of rotatable bonds is 2. The molecular weight excluding hydrogens is 319 g/mol. The molecule has 4 heteroatoms. The number of para-hydroxylation sites is 2. The minimum Gasteiger partial charge on any atom is -0.371 e. The molecule has 0 radical (unpaired) electrons. The molecule has 0 aliphatic carbocycles. The van der Waals surface area contributed by atoms with Gasteiger partial charge in [0.05, 0.1) is 15.8 Å². The molecule has 20 heavy (non-hydrogen) atoms. The second-order valence-corrected chi connectivity index (χ2v) is 5.93. The number of anilines is 2. The summed E-state index contributed by atoms with van der Waals surface area (Å²) < 4.78 is 13.8. The highest BCUT2D eigenvalue weighted by Crippen LogP contribution is 2.33. The molecule has 0 unspecified atom stereocenters. The number of halogens is 2. The molecule has 0 spiro atoms. The number of nitrogens with zero attached hydrogens (tertiary/aromatic N) is 2. The Kier molecular flexibility index (Phi) is 3.66. The standard InChI is InChI=1S/C16H16BrFN2/c1-19-8-9-20(16-5-3-2-4-15(16)19)11-12-6-7-14(18)13(17)10-12/h2-7,10H,8-9,11H2,1H3. The Morgan fingerprint density at radius 3 is 2.60 bits per heavy atom. The van der Waals surface area contributed by atoms with Crippen LogP contribution in [0, 0.1) is 5.82 Å². The average molecular weight is 335 g/mol. The van der Waals surface area contributed by atoms with Crippen LogP contribution in [0.25, 0.3) is 0 Å². The van der Waals surface area contributed by atoms with E-state index in [1.807, 2.05) is 12.1 Å². The zero-order valence-corrected chi connectivity index (χ0v) is 12.9. The van der Waals surface area contributed by atoms with Gasteiger partial charge in [-0.05, 0) is 45.8 Å². The molecule has 0 fully saturated rings. The van der Waals surface area contributed by atoms with Crippen LogP contribution in [0.15, 0.2) is 46.9 Å². The lowest BCUT2D eigenvalue weighted by molar-refractivity contribution is 0.619. The van der Waals surface area contributed by atoms with Gasteiger partial charge in [-0.2, -0.15) is 0 Å². The molecule has 0 aromatic heterocycles. The summed E-state index contributed by atoms with van der Waals surface area (Å²) in [6.45, 7) is 2.77. The number of fused-ring (bicyclic) bond motifs is 1. The van der Waals surface area contributed by atoms with Gasteiger partial charge in [-0.3, -0.25) is 0 Å². The Balaban J connectivity index is 1.88. The van der Waals surface area contributed by atoms with E-state index in [9.17, 15) is 4.39 Å². The molecule has 0 atom stereocenters. The van der Waals surface area contributed by atoms with Crippen molar-refractivity contribution in [2.24, 2.45) is 0 Å². The highest BCUT2D eigenvalue weighted by atomic mass is 79.9. The summed E-state index contributed by atoms with van der Waals surface area (Å²) in [5.74, 6) is -0.215. The van der Waals surface area contributed by atoms with Gasteiger partial charge in [-0.25, -0.2) is 4.39 Å². The first kappa shape index (κ1) is 13.4. The van der Waals surface area contributed by atoms with Crippen molar-refractivity contribution in [2.75, 3.05) is 29.9 Å². The van der Waals surface area contributed by atoms with Gasteiger partial charge < -0.3 is 9.80 Å². The van der Waals surface area contributed by atoms with Crippen molar-refractivity contribution in [3.8, 4) is 0 Å². The molecule has 0 N–H and O–H groups in total. The Morgan fingerprint density at radius 1 is 1.10 bits per heavy atom. The lowest BCUT2D eigenvalue weighted by Gasteiger charge is -2.37. The summed E-state index contributed by atoms with van der Waals surface area (Å²) in [5, 5.41) is 0. The molecule has 0 amide bonds. The monoisotopic (exact) mass is 334 g/mol. The van der Waals surface area contributed by atoms with Gasteiger partial charge in [0, 0.05) is 26.7 Å². The maximum Gasteiger partial charge on any atom is 0.137 e. The van der Waals surface area contributed by atoms with Crippen LogP contribution < -0.4 is 9.80 Å². The summed E-state index contributed by atoms with van der Waals surface area (Å²) in [4.78, 5) is 4.61. The summed E-state index contributed by atoms with van der Waals surface area (Å²) >= 11 is 3.25. The van der Waals surface area contributed by atoms with Crippen LogP contribution in [0.5, 0.6) is 0 Å². The van der Waals surface area contributed by atoms with Gasteiger partial charge in [-0.15, -0.1) is 0 Å². The Labute approximate surface area is 126 Å². The van der Waals surface area contributed by atoms with E-state index in [0.717, 1.165) is 25.2 Å². The van der Waals surface area contributed by atoms with Crippen molar-refractivity contribution in [3.63, 3.8) is 0 Å². The van der Waals surface area contributed by atoms with E-state index >= 15 is 0 Å². The highest BCUT2D eigenvalue weighted by Gasteiger charge is 2.19. The largest absolute Gasteiger partial charge is 0.371 e. The third-order valence-electron chi connectivity index (χ3n) is 3.70. The summed E-state index contributed by atoms with van der Waals surface area (Å²) in [7, 11) is 2.12. The van der Waals surface area contributed by atoms with Crippen molar-refractivity contribution in [2.45, 2.75) is 6.54 Å². The fraction of sp³-hybridized carbons (Fsp3) is 0.250. The quantitative estimate of drug-likeness (QED) is 0.817. The van der Waals surface area contributed by atoms with Gasteiger partial charge in [0.25, 0.3) is 0 Å². The minimum atomic E-state index is -0.215. The second kappa shape index (κ2) is 5.44. The summed E-state index contributed by atoms with van der Waals surface area (Å²) in [5.41, 5.74) is 3.60. The van der Waals surface area contributed by atoms with Crippen LogP contribution in [0.4, 0.5) is 15.8 Å². The third-order valence-corrected chi connectivity index (χ3v) is 4.30. The van der Waals surface area contributed by atoms with Crippen molar-refractivity contribution in [1.82, 2.24) is 0 Å². The number of benzene rings is 2. The van der Waals surface area contributed by atoms with Gasteiger partial charge in [0.1, 0.15) is 5.82 Å². The predicted octanol–water partition coefficient (Wildman–Crippen LogP) is 4.04. The Hall–Kier alpha value is -1.55. The Morgan fingerprint density at radius 2 is 1.85 bits per heavy atom. The summed E-state index contributed by atoms with van der Waals surface area (Å²) in [6.07, 6.45) is 0. The zero-order valence-electron chi connectivity index (χ0n) is 11.3. The van der Waals surface area contributed by atoms with Crippen LogP contribution in [-0.4, -0.2) is 20.1 Å². The Bertz CT molecular complexity index is 630. The molecule has 0 bridgehead atoms. The second-order valence-electron chi connectivity index (χ2n) is 5.08. The minimum absolute atomic E-state index is 0.215. The van der Waals surface area contributed by atoms with Crippen molar-refractivity contribution >= 4 is 27.3 Å². The van der Waals surface area contributed by atoms with Crippen LogP contribution in [0.1, 0.15) is 5.56 Å². The van der Waals surface area contributed by atoms with E-state index in [1.165, 1.54) is 17.4 Å². The zero-order chi connectivity index (χ0) is 14.1. The molecule has 0 saturated heterocycles. The predicted molar refractivity (Wildman–Crippen MR) is 84.9 cm³/mol. The topological polar surface area (TPSA) is 6.48 Å². The normalized spacial score (nSPS) is 14.3. The maximum atomic E-state index is 13.3. The van der Waals surface area contributed by atoms with Crippen LogP contribution in [0.3, 0.4) is 0 Å². The first-order valence-corrected chi connectivity index (χ1v) is 7.43. The molecular formula is C16H16BrFN2. The number of likely N-dealkylation sites (N-methyl/N-ethyl adjacent to an activating group) is 1. The van der Waals surface area contributed by atoms with E-state index in [1.54, 1.807) is 0 Å². The van der Waals surface area contributed by atoms with Crippen molar-refractivity contribution in [1.29, 1.82) is 0 Å². The molecule has 2 aromatic carbocycles. The number of hydrogen-bond acceptors (Lipinski definition) is 2. The molecule has 104 valence electrons. The molecule has 1 aliphatic heterocycles. The first-order chi connectivity index (χ1) is 9.65. The molecule has 2 nitrogen and oxygen atoms in total. The van der Waals surface area contributed by atoms with E-state index in [4.69, 9.17) is 0 Å². The maximum absolute atomic E-state index is 13.3. The summed E-state index contributed by atoms with van der Waals surface area (Å²) in [6, 6.07) is 13.6. The SMILES string of the molecule is CN1CCN(Cc2ccc(F)c(Br)c2)c2ccccc21.